The lowest BCUT2D eigenvalue weighted by molar-refractivity contribution is -0.384. The molecular formula is C20H20N4O4S. The second kappa shape index (κ2) is 8.87. The summed E-state index contributed by atoms with van der Waals surface area (Å²) in [4.78, 5) is 22.8. The van der Waals surface area contributed by atoms with Crippen LogP contribution in [-0.4, -0.2) is 26.8 Å². The van der Waals surface area contributed by atoms with E-state index in [4.69, 9.17) is 4.42 Å². The highest BCUT2D eigenvalue weighted by atomic mass is 32.2. The van der Waals surface area contributed by atoms with Crippen molar-refractivity contribution in [3.05, 3.63) is 63.7 Å². The summed E-state index contributed by atoms with van der Waals surface area (Å²) in [5.41, 5.74) is 3.29. The molecule has 29 heavy (non-hydrogen) atoms. The number of anilines is 1. The number of rotatable bonds is 7. The lowest BCUT2D eigenvalue weighted by Crippen LogP contribution is -2.16. The van der Waals surface area contributed by atoms with Gasteiger partial charge in [0.2, 0.25) is 11.8 Å². The molecule has 8 nitrogen and oxygen atoms in total. The minimum Gasteiger partial charge on any atom is -0.411 e. The van der Waals surface area contributed by atoms with Gasteiger partial charge in [0.1, 0.15) is 0 Å². The first kappa shape index (κ1) is 20.5. The fraction of sp³-hybridized carbons (Fsp3) is 0.250. The topological polar surface area (TPSA) is 111 Å². The number of carbonyl (C=O) groups is 1. The van der Waals surface area contributed by atoms with E-state index in [9.17, 15) is 14.9 Å². The van der Waals surface area contributed by atoms with Crippen molar-refractivity contribution >= 4 is 29.0 Å². The molecule has 1 N–H and O–H groups in total. The lowest BCUT2D eigenvalue weighted by atomic mass is 9.98. The largest absolute Gasteiger partial charge is 0.411 e. The summed E-state index contributed by atoms with van der Waals surface area (Å²) in [6.45, 7) is 6.11. The zero-order valence-corrected chi connectivity index (χ0v) is 17.0. The van der Waals surface area contributed by atoms with Crippen LogP contribution >= 0.6 is 11.8 Å². The second-order valence-electron chi connectivity index (χ2n) is 6.71. The summed E-state index contributed by atoms with van der Waals surface area (Å²) >= 11 is 1.11. The number of aromatic nitrogens is 2. The number of nitro benzene ring substituents is 1. The first-order valence-electron chi connectivity index (χ1n) is 8.95. The number of thioether (sulfide) groups is 1. The van der Waals surface area contributed by atoms with Crippen LogP contribution in [0.1, 0.15) is 30.9 Å². The van der Waals surface area contributed by atoms with Crippen LogP contribution in [0.2, 0.25) is 0 Å². The number of benzene rings is 2. The van der Waals surface area contributed by atoms with Crippen LogP contribution in [0.5, 0.6) is 0 Å². The summed E-state index contributed by atoms with van der Waals surface area (Å²) in [5, 5.41) is 21.9. The van der Waals surface area contributed by atoms with Crippen LogP contribution in [-0.2, 0) is 4.79 Å². The summed E-state index contributed by atoms with van der Waals surface area (Å²) in [6.07, 6.45) is 0. The first-order chi connectivity index (χ1) is 13.8. The van der Waals surface area contributed by atoms with E-state index in [1.807, 2.05) is 25.1 Å². The third-order valence-electron chi connectivity index (χ3n) is 4.23. The van der Waals surface area contributed by atoms with E-state index < -0.39 is 4.92 Å². The van der Waals surface area contributed by atoms with E-state index in [1.165, 1.54) is 12.1 Å². The lowest BCUT2D eigenvalue weighted by Gasteiger charge is -2.16. The van der Waals surface area contributed by atoms with Crippen molar-refractivity contribution in [2.75, 3.05) is 11.1 Å². The highest BCUT2D eigenvalue weighted by Gasteiger charge is 2.16. The average Bonchev–Trinajstić information content (AvgIpc) is 3.17. The molecule has 0 atom stereocenters. The number of aryl methyl sites for hydroxylation is 1. The third-order valence-corrected chi connectivity index (χ3v) is 5.05. The van der Waals surface area contributed by atoms with Gasteiger partial charge in [-0.05, 0) is 30.0 Å². The minimum atomic E-state index is -0.489. The standard InChI is InChI=1S/C20H20N4O4S/c1-12(2)16-9-4-6-13(3)18(16)21-17(25)11-29-20-23-22-19(28-20)14-7-5-8-15(10-14)24(26)27/h4-10,12H,11H2,1-3H3,(H,21,25). The summed E-state index contributed by atoms with van der Waals surface area (Å²) in [5.74, 6) is 0.368. The average molecular weight is 412 g/mol. The number of para-hydroxylation sites is 1. The zero-order chi connectivity index (χ0) is 21.0. The van der Waals surface area contributed by atoms with Gasteiger partial charge in [-0.25, -0.2) is 0 Å². The molecule has 0 spiro atoms. The molecule has 1 amide bonds. The monoisotopic (exact) mass is 412 g/mol. The van der Waals surface area contributed by atoms with Gasteiger partial charge in [0.05, 0.1) is 10.7 Å². The molecule has 0 aliphatic carbocycles. The van der Waals surface area contributed by atoms with E-state index in [0.29, 0.717) is 5.56 Å². The summed E-state index contributed by atoms with van der Waals surface area (Å²) in [7, 11) is 0. The maximum Gasteiger partial charge on any atom is 0.277 e. The molecule has 0 aliphatic heterocycles. The summed E-state index contributed by atoms with van der Waals surface area (Å²) < 4.78 is 5.53. The molecule has 150 valence electrons. The second-order valence-corrected chi connectivity index (χ2v) is 7.64. The van der Waals surface area contributed by atoms with Crippen molar-refractivity contribution in [3.63, 3.8) is 0 Å². The molecule has 0 radical (unpaired) electrons. The third kappa shape index (κ3) is 5.00. The SMILES string of the molecule is Cc1cccc(C(C)C)c1NC(=O)CSc1nnc(-c2cccc([N+](=O)[O-])c2)o1. The van der Waals surface area contributed by atoms with Crippen LogP contribution < -0.4 is 5.32 Å². The van der Waals surface area contributed by atoms with Crippen molar-refractivity contribution in [2.45, 2.75) is 31.9 Å². The number of nitro groups is 1. The number of nitrogens with one attached hydrogen (secondary N) is 1. The molecular weight excluding hydrogens is 392 g/mol. The van der Waals surface area contributed by atoms with Crippen LogP contribution in [0.4, 0.5) is 11.4 Å². The van der Waals surface area contributed by atoms with E-state index >= 15 is 0 Å². The molecule has 9 heteroatoms. The number of carbonyl (C=O) groups excluding carboxylic acids is 1. The molecule has 0 saturated heterocycles. The number of hydrogen-bond donors (Lipinski definition) is 1. The van der Waals surface area contributed by atoms with Gasteiger partial charge in [-0.3, -0.25) is 14.9 Å². The zero-order valence-electron chi connectivity index (χ0n) is 16.2. The van der Waals surface area contributed by atoms with Gasteiger partial charge < -0.3 is 9.73 Å². The van der Waals surface area contributed by atoms with Crippen LogP contribution in [0, 0.1) is 17.0 Å². The van der Waals surface area contributed by atoms with Crippen molar-refractivity contribution in [3.8, 4) is 11.5 Å². The smallest absolute Gasteiger partial charge is 0.277 e. The Kier molecular flexibility index (Phi) is 6.28. The van der Waals surface area contributed by atoms with E-state index in [-0.39, 0.29) is 34.4 Å². The van der Waals surface area contributed by atoms with Crippen LogP contribution in [0.3, 0.4) is 0 Å². The number of non-ortho nitro benzene ring substituents is 1. The van der Waals surface area contributed by atoms with Gasteiger partial charge in [0.15, 0.2) is 0 Å². The Morgan fingerprint density at radius 3 is 2.72 bits per heavy atom. The van der Waals surface area contributed by atoms with E-state index in [1.54, 1.807) is 12.1 Å². The van der Waals surface area contributed by atoms with Gasteiger partial charge in [-0.2, -0.15) is 0 Å². The van der Waals surface area contributed by atoms with Gasteiger partial charge in [-0.15, -0.1) is 10.2 Å². The Hall–Kier alpha value is -3.20. The van der Waals surface area contributed by atoms with Crippen molar-refractivity contribution in [1.29, 1.82) is 0 Å². The molecule has 2 aromatic carbocycles. The molecule has 0 fully saturated rings. The normalized spacial score (nSPS) is 10.9. The Balaban J connectivity index is 1.65. The van der Waals surface area contributed by atoms with E-state index in [0.717, 1.165) is 28.6 Å². The fourth-order valence-corrected chi connectivity index (χ4v) is 3.35. The van der Waals surface area contributed by atoms with Gasteiger partial charge >= 0.3 is 0 Å². The molecule has 1 aromatic heterocycles. The molecule has 0 saturated carbocycles. The Morgan fingerprint density at radius 1 is 1.24 bits per heavy atom. The molecule has 1 heterocycles. The Morgan fingerprint density at radius 2 is 2.00 bits per heavy atom. The van der Waals surface area contributed by atoms with Crippen molar-refractivity contribution < 1.29 is 14.1 Å². The molecule has 3 rings (SSSR count). The van der Waals surface area contributed by atoms with Gasteiger partial charge in [0.25, 0.3) is 10.9 Å². The van der Waals surface area contributed by atoms with Gasteiger partial charge in [0, 0.05) is 23.4 Å². The Labute approximate surface area is 171 Å². The highest BCUT2D eigenvalue weighted by molar-refractivity contribution is 7.99. The number of amides is 1. The minimum absolute atomic E-state index is 0.0616. The molecule has 0 aliphatic rings. The Bertz CT molecular complexity index is 1050. The molecule has 3 aromatic rings. The highest BCUT2D eigenvalue weighted by Crippen LogP contribution is 2.29. The van der Waals surface area contributed by atoms with E-state index in [2.05, 4.69) is 29.4 Å². The summed E-state index contributed by atoms with van der Waals surface area (Å²) in [6, 6.07) is 11.9. The quantitative estimate of drug-likeness (QED) is 0.337. The molecule has 0 bridgehead atoms. The predicted octanol–water partition coefficient (Wildman–Crippen LogP) is 4.81. The maximum atomic E-state index is 12.4. The number of hydrogen-bond acceptors (Lipinski definition) is 7. The van der Waals surface area contributed by atoms with Crippen LogP contribution in [0.15, 0.2) is 52.1 Å². The maximum absolute atomic E-state index is 12.4. The predicted molar refractivity (Wildman–Crippen MR) is 111 cm³/mol. The van der Waals surface area contributed by atoms with Crippen molar-refractivity contribution in [2.24, 2.45) is 0 Å². The molecule has 0 unspecified atom stereocenters. The van der Waals surface area contributed by atoms with Crippen LogP contribution in [0.25, 0.3) is 11.5 Å². The fourth-order valence-electron chi connectivity index (χ4n) is 2.78. The first-order valence-corrected chi connectivity index (χ1v) is 9.94. The number of nitrogens with zero attached hydrogens (tertiary/aromatic N) is 3. The van der Waals surface area contributed by atoms with Crippen molar-refractivity contribution in [1.82, 2.24) is 10.2 Å². The van der Waals surface area contributed by atoms with Gasteiger partial charge in [-0.1, -0.05) is 49.9 Å².